The van der Waals surface area contributed by atoms with Crippen LogP contribution in [0.3, 0.4) is 0 Å². The number of hydrogen-bond donors (Lipinski definition) is 1. The molecule has 2 aliphatic rings. The van der Waals surface area contributed by atoms with Gasteiger partial charge in [0.25, 0.3) is 0 Å². The van der Waals surface area contributed by atoms with Crippen molar-refractivity contribution < 1.29 is 13.2 Å². The van der Waals surface area contributed by atoms with Crippen molar-refractivity contribution in [3.8, 4) is 0 Å². The molecule has 3 rings (SSSR count). The number of hydrogen-bond acceptors (Lipinski definition) is 4. The Kier molecular flexibility index (Phi) is 8.32. The van der Waals surface area contributed by atoms with Crippen LogP contribution in [0, 0.1) is 5.92 Å². The molecule has 2 heterocycles. The van der Waals surface area contributed by atoms with Crippen LogP contribution in [-0.4, -0.2) is 81.8 Å². The second-order valence-electron chi connectivity index (χ2n) is 7.68. The molecule has 29 heavy (non-hydrogen) atoms. The molecule has 0 unspecified atom stereocenters. The highest BCUT2D eigenvalue weighted by atomic mass is 32.2. The van der Waals surface area contributed by atoms with Gasteiger partial charge >= 0.3 is 0 Å². The van der Waals surface area contributed by atoms with E-state index in [-0.39, 0.29) is 12.3 Å². The molecule has 1 N–H and O–H groups in total. The van der Waals surface area contributed by atoms with Crippen LogP contribution in [0.5, 0.6) is 0 Å². The first-order chi connectivity index (χ1) is 14.1. The highest BCUT2D eigenvalue weighted by Crippen LogP contribution is 2.21. The third kappa shape index (κ3) is 6.69. The minimum absolute atomic E-state index is 0.0480. The van der Waals surface area contributed by atoms with Gasteiger partial charge in [0.1, 0.15) is 0 Å². The summed E-state index contributed by atoms with van der Waals surface area (Å²) in [6, 6.07) is 10.7. The fourth-order valence-corrected chi connectivity index (χ4v) is 5.23. The summed E-state index contributed by atoms with van der Waals surface area (Å²) in [6.45, 7) is 6.86. The lowest BCUT2D eigenvalue weighted by atomic mass is 9.90. The molecule has 0 atom stereocenters. The van der Waals surface area contributed by atoms with Crippen molar-refractivity contribution in [1.82, 2.24) is 14.5 Å². The van der Waals surface area contributed by atoms with E-state index in [1.165, 1.54) is 9.87 Å². The average molecular weight is 423 g/mol. The fraction of sp³-hybridized carbons (Fsp3) is 0.667. The van der Waals surface area contributed by atoms with Gasteiger partial charge in [-0.15, -0.1) is 0 Å². The average Bonchev–Trinajstić information content (AvgIpc) is 2.75. The lowest BCUT2D eigenvalue weighted by Gasteiger charge is -2.34. The number of benzene rings is 1. The van der Waals surface area contributed by atoms with Gasteiger partial charge < -0.3 is 15.0 Å². The maximum atomic E-state index is 12.5. The molecule has 7 nitrogen and oxygen atoms in total. The Morgan fingerprint density at radius 3 is 2.48 bits per heavy atom. The predicted octanol–water partition coefficient (Wildman–Crippen LogP) is 1.57. The topological polar surface area (TPSA) is 74.2 Å². The van der Waals surface area contributed by atoms with E-state index in [2.05, 4.69) is 45.5 Å². The molecule has 2 saturated heterocycles. The third-order valence-corrected chi connectivity index (χ3v) is 7.44. The van der Waals surface area contributed by atoms with Gasteiger partial charge in [0.2, 0.25) is 10.0 Å². The molecular weight excluding hydrogens is 388 g/mol. The normalized spacial score (nSPS) is 20.0. The van der Waals surface area contributed by atoms with E-state index < -0.39 is 10.0 Å². The van der Waals surface area contributed by atoms with Gasteiger partial charge in [0.15, 0.2) is 5.96 Å². The number of guanidine groups is 1. The van der Waals surface area contributed by atoms with Crippen LogP contribution in [0.4, 0.5) is 0 Å². The van der Waals surface area contributed by atoms with Gasteiger partial charge in [0.05, 0.1) is 25.5 Å². The molecule has 1 aromatic carbocycles. The standard InChI is InChI=1S/C21H34N4O3S/c1-2-22-21(23-10-17-29(26,27)25-13-15-28-16-14-25)24-11-8-20(9-12-24)18-19-6-4-3-5-7-19/h3-7,20H,2,8-18H2,1H3,(H,22,23). The van der Waals surface area contributed by atoms with Gasteiger partial charge in [-0.05, 0) is 37.7 Å². The molecule has 1 aromatic rings. The molecule has 162 valence electrons. The number of piperidine rings is 1. The van der Waals surface area contributed by atoms with Crippen molar-refractivity contribution in [3.05, 3.63) is 35.9 Å². The quantitative estimate of drug-likeness (QED) is 0.533. The molecule has 0 amide bonds. The Morgan fingerprint density at radius 1 is 1.14 bits per heavy atom. The molecule has 0 spiro atoms. The number of nitrogens with zero attached hydrogens (tertiary/aromatic N) is 3. The van der Waals surface area contributed by atoms with Crippen LogP contribution in [0.1, 0.15) is 25.3 Å². The summed E-state index contributed by atoms with van der Waals surface area (Å²) < 4.78 is 31.7. The van der Waals surface area contributed by atoms with Crippen LogP contribution in [0.2, 0.25) is 0 Å². The fourth-order valence-electron chi connectivity index (χ4n) is 3.94. The van der Waals surface area contributed by atoms with E-state index >= 15 is 0 Å². The number of nitrogens with one attached hydrogen (secondary N) is 1. The number of ether oxygens (including phenoxy) is 1. The Bertz CT molecular complexity index is 740. The summed E-state index contributed by atoms with van der Waals surface area (Å²) in [6.07, 6.45) is 3.39. The van der Waals surface area contributed by atoms with E-state index in [4.69, 9.17) is 4.74 Å². The minimum atomic E-state index is -3.27. The van der Waals surface area contributed by atoms with Gasteiger partial charge in [-0.25, -0.2) is 8.42 Å². The summed E-state index contributed by atoms with van der Waals surface area (Å²) in [5.41, 5.74) is 1.40. The number of morpholine rings is 1. The maximum Gasteiger partial charge on any atom is 0.216 e. The second kappa shape index (κ2) is 10.9. The van der Waals surface area contributed by atoms with Crippen molar-refractivity contribution >= 4 is 16.0 Å². The zero-order valence-corrected chi connectivity index (χ0v) is 18.2. The predicted molar refractivity (Wildman–Crippen MR) is 117 cm³/mol. The maximum absolute atomic E-state index is 12.5. The summed E-state index contributed by atoms with van der Waals surface area (Å²) in [5.74, 6) is 1.58. The van der Waals surface area contributed by atoms with Crippen LogP contribution >= 0.6 is 0 Å². The lowest BCUT2D eigenvalue weighted by molar-refractivity contribution is 0.0731. The SMILES string of the molecule is CCNC(=NCCS(=O)(=O)N1CCOCC1)N1CCC(Cc2ccccc2)CC1. The van der Waals surface area contributed by atoms with Gasteiger partial charge in [0, 0.05) is 32.7 Å². The smallest absolute Gasteiger partial charge is 0.216 e. The molecule has 0 aliphatic carbocycles. The first kappa shape index (κ1) is 22.1. The summed E-state index contributed by atoms with van der Waals surface area (Å²) in [5, 5.41) is 3.33. The highest BCUT2D eigenvalue weighted by molar-refractivity contribution is 7.89. The zero-order chi connectivity index (χ0) is 20.5. The zero-order valence-electron chi connectivity index (χ0n) is 17.4. The van der Waals surface area contributed by atoms with Crippen molar-refractivity contribution in [3.63, 3.8) is 0 Å². The lowest BCUT2D eigenvalue weighted by Crippen LogP contribution is -2.46. The first-order valence-corrected chi connectivity index (χ1v) is 12.3. The molecule has 0 bridgehead atoms. The largest absolute Gasteiger partial charge is 0.379 e. The Hall–Kier alpha value is -1.64. The number of likely N-dealkylation sites (tertiary alicyclic amines) is 1. The van der Waals surface area contributed by atoms with Gasteiger partial charge in [-0.3, -0.25) is 4.99 Å². The molecule has 2 fully saturated rings. The number of rotatable bonds is 7. The van der Waals surface area contributed by atoms with Crippen LogP contribution in [0.25, 0.3) is 0 Å². The number of sulfonamides is 1. The molecule has 8 heteroatoms. The first-order valence-electron chi connectivity index (χ1n) is 10.7. The Balaban J connectivity index is 1.50. The van der Waals surface area contributed by atoms with E-state index in [0.29, 0.717) is 32.2 Å². The Morgan fingerprint density at radius 2 is 1.83 bits per heavy atom. The number of aliphatic imine (C=N–C) groups is 1. The van der Waals surface area contributed by atoms with E-state index in [0.717, 1.165) is 44.9 Å². The van der Waals surface area contributed by atoms with Crippen LogP contribution < -0.4 is 5.32 Å². The van der Waals surface area contributed by atoms with Gasteiger partial charge in [-0.2, -0.15) is 4.31 Å². The van der Waals surface area contributed by atoms with E-state index in [1.807, 2.05) is 6.92 Å². The van der Waals surface area contributed by atoms with Crippen LogP contribution in [0.15, 0.2) is 35.3 Å². The second-order valence-corrected chi connectivity index (χ2v) is 9.77. The molecular formula is C21H34N4O3S. The van der Waals surface area contributed by atoms with Crippen molar-refractivity contribution in [2.45, 2.75) is 26.2 Å². The summed E-state index contributed by atoms with van der Waals surface area (Å²) in [4.78, 5) is 6.89. The summed E-state index contributed by atoms with van der Waals surface area (Å²) in [7, 11) is -3.27. The molecule has 0 aromatic heterocycles. The van der Waals surface area contributed by atoms with E-state index in [1.54, 1.807) is 0 Å². The highest BCUT2D eigenvalue weighted by Gasteiger charge is 2.25. The van der Waals surface area contributed by atoms with Crippen molar-refractivity contribution in [1.29, 1.82) is 0 Å². The Labute approximate surface area is 175 Å². The van der Waals surface area contributed by atoms with Gasteiger partial charge in [-0.1, -0.05) is 30.3 Å². The van der Waals surface area contributed by atoms with Crippen LogP contribution in [-0.2, 0) is 21.2 Å². The van der Waals surface area contributed by atoms with E-state index in [9.17, 15) is 8.42 Å². The van der Waals surface area contributed by atoms with Crippen molar-refractivity contribution in [2.75, 3.05) is 58.2 Å². The molecule has 0 radical (unpaired) electrons. The minimum Gasteiger partial charge on any atom is -0.379 e. The molecule has 2 aliphatic heterocycles. The third-order valence-electron chi connectivity index (χ3n) is 5.59. The summed E-state index contributed by atoms with van der Waals surface area (Å²) >= 11 is 0. The molecule has 0 saturated carbocycles. The van der Waals surface area contributed by atoms with Crippen molar-refractivity contribution in [2.24, 2.45) is 10.9 Å². The monoisotopic (exact) mass is 422 g/mol.